The second kappa shape index (κ2) is 7.32. The van der Waals surface area contributed by atoms with Crippen LogP contribution in [0.3, 0.4) is 0 Å². The van der Waals surface area contributed by atoms with Gasteiger partial charge in [0, 0.05) is 5.56 Å². The van der Waals surface area contributed by atoms with Crippen molar-refractivity contribution in [1.29, 1.82) is 5.26 Å². The second-order valence-corrected chi connectivity index (χ2v) is 4.94. The quantitative estimate of drug-likeness (QED) is 0.690. The lowest BCUT2D eigenvalue weighted by Gasteiger charge is -2.13. The molecule has 116 valence electrons. The molecule has 0 fully saturated rings. The third-order valence-corrected chi connectivity index (χ3v) is 3.27. The molecule has 2 rings (SSSR count). The first-order valence-electron chi connectivity index (χ1n) is 6.94. The molecule has 1 atom stereocenters. The maximum Gasteiger partial charge on any atom is 0.262 e. The molecule has 0 spiro atoms. The zero-order valence-electron chi connectivity index (χ0n) is 12.4. The van der Waals surface area contributed by atoms with Crippen LogP contribution in [0, 0.1) is 23.0 Å². The highest BCUT2D eigenvalue weighted by Crippen LogP contribution is 2.16. The van der Waals surface area contributed by atoms with Crippen LogP contribution in [0.2, 0.25) is 0 Å². The summed E-state index contributed by atoms with van der Waals surface area (Å²) in [6.07, 6.45) is 1.03. The first-order chi connectivity index (χ1) is 11.0. The smallest absolute Gasteiger partial charge is 0.262 e. The van der Waals surface area contributed by atoms with Gasteiger partial charge in [-0.1, -0.05) is 30.3 Å². The highest BCUT2D eigenvalue weighted by atomic mass is 19.1. The Bertz CT molecular complexity index is 779. The molecule has 1 amide bonds. The van der Waals surface area contributed by atoms with Gasteiger partial charge in [0.2, 0.25) is 0 Å². The van der Waals surface area contributed by atoms with Crippen LogP contribution < -0.4 is 5.32 Å². The minimum atomic E-state index is -0.706. The molecule has 0 aliphatic heterocycles. The standard InChI is InChI=1S/C18H14F2N2O/c1-12(13-5-3-2-4-6-13)22-18(23)15(11-21)9-14-10-16(19)7-8-17(14)20/h2-10,12H,1H3,(H,22,23)/b15-9-. The molecule has 0 aliphatic carbocycles. The molecule has 23 heavy (non-hydrogen) atoms. The Morgan fingerprint density at radius 3 is 2.57 bits per heavy atom. The molecular weight excluding hydrogens is 298 g/mol. The summed E-state index contributed by atoms with van der Waals surface area (Å²) in [5.41, 5.74) is 0.427. The van der Waals surface area contributed by atoms with Crippen molar-refractivity contribution in [1.82, 2.24) is 5.32 Å². The van der Waals surface area contributed by atoms with Crippen molar-refractivity contribution in [3.05, 3.63) is 76.9 Å². The predicted octanol–water partition coefficient (Wildman–Crippen LogP) is 3.75. The molecule has 5 heteroatoms. The molecule has 2 aromatic rings. The molecule has 0 aromatic heterocycles. The highest BCUT2D eigenvalue weighted by Gasteiger charge is 2.14. The van der Waals surface area contributed by atoms with E-state index in [4.69, 9.17) is 5.26 Å². The fourth-order valence-corrected chi connectivity index (χ4v) is 2.03. The Morgan fingerprint density at radius 2 is 1.91 bits per heavy atom. The van der Waals surface area contributed by atoms with E-state index in [1.165, 1.54) is 0 Å². The minimum Gasteiger partial charge on any atom is -0.345 e. The first kappa shape index (κ1) is 16.4. The number of nitrogens with zero attached hydrogens (tertiary/aromatic N) is 1. The predicted molar refractivity (Wildman–Crippen MR) is 82.9 cm³/mol. The fraction of sp³-hybridized carbons (Fsp3) is 0.111. The van der Waals surface area contributed by atoms with Crippen molar-refractivity contribution < 1.29 is 13.6 Å². The van der Waals surface area contributed by atoms with Gasteiger partial charge < -0.3 is 5.32 Å². The molecule has 0 radical (unpaired) electrons. The largest absolute Gasteiger partial charge is 0.345 e. The Balaban J connectivity index is 2.20. The Morgan fingerprint density at radius 1 is 1.22 bits per heavy atom. The van der Waals surface area contributed by atoms with E-state index in [2.05, 4.69) is 5.32 Å². The second-order valence-electron chi connectivity index (χ2n) is 4.94. The van der Waals surface area contributed by atoms with Gasteiger partial charge >= 0.3 is 0 Å². The maximum atomic E-state index is 13.6. The Hall–Kier alpha value is -3.00. The number of amides is 1. The van der Waals surface area contributed by atoms with E-state index in [0.29, 0.717) is 0 Å². The number of carbonyl (C=O) groups is 1. The molecule has 1 N–H and O–H groups in total. The van der Waals surface area contributed by atoms with Crippen molar-refractivity contribution in [3.8, 4) is 6.07 Å². The summed E-state index contributed by atoms with van der Waals surface area (Å²) in [6.45, 7) is 1.77. The van der Waals surface area contributed by atoms with E-state index in [0.717, 1.165) is 29.8 Å². The lowest BCUT2D eigenvalue weighted by atomic mass is 10.1. The van der Waals surface area contributed by atoms with Gasteiger partial charge in [0.25, 0.3) is 5.91 Å². The average Bonchev–Trinajstić information content (AvgIpc) is 2.56. The molecule has 2 aromatic carbocycles. The zero-order chi connectivity index (χ0) is 16.8. The van der Waals surface area contributed by atoms with Crippen LogP contribution in [-0.4, -0.2) is 5.91 Å². The summed E-state index contributed by atoms with van der Waals surface area (Å²) in [5, 5.41) is 11.8. The molecular formula is C18H14F2N2O. The van der Waals surface area contributed by atoms with Crippen LogP contribution in [0.5, 0.6) is 0 Å². The Labute approximate surface area is 132 Å². The summed E-state index contributed by atoms with van der Waals surface area (Å²) in [5.74, 6) is -2.00. The van der Waals surface area contributed by atoms with Gasteiger partial charge in [-0.2, -0.15) is 5.26 Å². The number of rotatable bonds is 4. The van der Waals surface area contributed by atoms with Crippen LogP contribution >= 0.6 is 0 Å². The van der Waals surface area contributed by atoms with Crippen LogP contribution in [0.15, 0.2) is 54.1 Å². The van der Waals surface area contributed by atoms with E-state index < -0.39 is 17.5 Å². The summed E-state index contributed by atoms with van der Waals surface area (Å²) in [6, 6.07) is 13.4. The summed E-state index contributed by atoms with van der Waals surface area (Å²) in [7, 11) is 0. The zero-order valence-corrected chi connectivity index (χ0v) is 12.4. The Kier molecular flexibility index (Phi) is 5.21. The van der Waals surface area contributed by atoms with Crippen LogP contribution in [-0.2, 0) is 4.79 Å². The van der Waals surface area contributed by atoms with Crippen molar-refractivity contribution in [2.24, 2.45) is 0 Å². The van der Waals surface area contributed by atoms with Gasteiger partial charge in [0.15, 0.2) is 0 Å². The van der Waals surface area contributed by atoms with Crippen molar-refractivity contribution in [2.45, 2.75) is 13.0 Å². The normalized spacial score (nSPS) is 12.3. The number of halogens is 2. The van der Waals surface area contributed by atoms with Crippen molar-refractivity contribution >= 4 is 12.0 Å². The lowest BCUT2D eigenvalue weighted by molar-refractivity contribution is -0.117. The van der Waals surface area contributed by atoms with E-state index in [1.54, 1.807) is 13.0 Å². The number of carbonyl (C=O) groups excluding carboxylic acids is 1. The van der Waals surface area contributed by atoms with Crippen LogP contribution in [0.25, 0.3) is 6.08 Å². The fourth-order valence-electron chi connectivity index (χ4n) is 2.03. The number of benzene rings is 2. The number of nitriles is 1. The van der Waals surface area contributed by atoms with Gasteiger partial charge in [-0.05, 0) is 36.8 Å². The van der Waals surface area contributed by atoms with E-state index in [-0.39, 0.29) is 17.2 Å². The van der Waals surface area contributed by atoms with Crippen LogP contribution in [0.1, 0.15) is 24.1 Å². The number of hydrogen-bond acceptors (Lipinski definition) is 2. The third kappa shape index (κ3) is 4.24. The molecule has 0 bridgehead atoms. The number of hydrogen-bond donors (Lipinski definition) is 1. The van der Waals surface area contributed by atoms with Gasteiger partial charge in [-0.25, -0.2) is 8.78 Å². The van der Waals surface area contributed by atoms with Crippen molar-refractivity contribution in [2.75, 3.05) is 0 Å². The third-order valence-electron chi connectivity index (χ3n) is 3.27. The van der Waals surface area contributed by atoms with Crippen molar-refractivity contribution in [3.63, 3.8) is 0 Å². The van der Waals surface area contributed by atoms with E-state index in [1.807, 2.05) is 30.3 Å². The lowest BCUT2D eigenvalue weighted by Crippen LogP contribution is -2.27. The highest BCUT2D eigenvalue weighted by molar-refractivity contribution is 6.01. The summed E-state index contributed by atoms with van der Waals surface area (Å²) in [4.78, 5) is 12.1. The monoisotopic (exact) mass is 312 g/mol. The molecule has 0 saturated carbocycles. The van der Waals surface area contributed by atoms with Gasteiger partial charge in [0.1, 0.15) is 23.3 Å². The van der Waals surface area contributed by atoms with Gasteiger partial charge in [0.05, 0.1) is 6.04 Å². The molecule has 0 saturated heterocycles. The first-order valence-corrected chi connectivity index (χ1v) is 6.94. The minimum absolute atomic E-state index is 0.149. The van der Waals surface area contributed by atoms with E-state index in [9.17, 15) is 13.6 Å². The topological polar surface area (TPSA) is 52.9 Å². The average molecular weight is 312 g/mol. The van der Waals surface area contributed by atoms with Gasteiger partial charge in [-0.3, -0.25) is 4.79 Å². The number of nitrogens with one attached hydrogen (secondary N) is 1. The summed E-state index contributed by atoms with van der Waals surface area (Å²) < 4.78 is 26.8. The van der Waals surface area contributed by atoms with Gasteiger partial charge in [-0.15, -0.1) is 0 Å². The van der Waals surface area contributed by atoms with E-state index >= 15 is 0 Å². The molecule has 0 aliphatic rings. The molecule has 3 nitrogen and oxygen atoms in total. The SMILES string of the molecule is CC(NC(=O)/C(C#N)=C\c1cc(F)ccc1F)c1ccccc1. The molecule has 1 unspecified atom stereocenters. The maximum absolute atomic E-state index is 13.6. The molecule has 0 heterocycles. The summed E-state index contributed by atoms with van der Waals surface area (Å²) >= 11 is 0. The van der Waals surface area contributed by atoms with Crippen LogP contribution in [0.4, 0.5) is 8.78 Å².